The third-order valence-electron chi connectivity index (χ3n) is 4.35. The van der Waals surface area contributed by atoms with Gasteiger partial charge in [0.1, 0.15) is 5.82 Å². The van der Waals surface area contributed by atoms with E-state index in [-0.39, 0.29) is 5.91 Å². The van der Waals surface area contributed by atoms with Gasteiger partial charge in [-0.15, -0.1) is 0 Å². The van der Waals surface area contributed by atoms with Gasteiger partial charge in [-0.25, -0.2) is 4.98 Å². The summed E-state index contributed by atoms with van der Waals surface area (Å²) in [6, 6.07) is 0. The van der Waals surface area contributed by atoms with Gasteiger partial charge in [0.25, 0.3) is 0 Å². The second kappa shape index (κ2) is 5.87. The van der Waals surface area contributed by atoms with E-state index in [2.05, 4.69) is 27.0 Å². The van der Waals surface area contributed by atoms with E-state index in [1.54, 1.807) is 0 Å². The maximum atomic E-state index is 11.5. The molecular formula is C15H23N5O. The zero-order chi connectivity index (χ0) is 14.8. The number of nitrogens with zero attached hydrogens (tertiary/aromatic N) is 4. The number of rotatable bonds is 2. The van der Waals surface area contributed by atoms with E-state index in [9.17, 15) is 4.79 Å². The second-order valence-electron chi connectivity index (χ2n) is 5.84. The van der Waals surface area contributed by atoms with Crippen LogP contribution in [0.3, 0.4) is 0 Å². The molecule has 2 aliphatic heterocycles. The van der Waals surface area contributed by atoms with Crippen LogP contribution in [0, 0.1) is 13.8 Å². The van der Waals surface area contributed by atoms with E-state index >= 15 is 0 Å². The predicted molar refractivity (Wildman–Crippen MR) is 82.8 cm³/mol. The summed E-state index contributed by atoms with van der Waals surface area (Å²) in [5.41, 5.74) is 2.15. The lowest BCUT2D eigenvalue weighted by molar-refractivity contribution is -0.120. The molecule has 6 nitrogen and oxygen atoms in total. The molecule has 1 aromatic rings. The minimum Gasteiger partial charge on any atom is -0.354 e. The van der Waals surface area contributed by atoms with Crippen LogP contribution in [0.15, 0.2) is 0 Å². The van der Waals surface area contributed by atoms with Crippen LogP contribution in [0.1, 0.15) is 30.5 Å². The highest BCUT2D eigenvalue weighted by molar-refractivity contribution is 5.77. The summed E-state index contributed by atoms with van der Waals surface area (Å²) in [6.45, 7) is 8.41. The Bertz CT molecular complexity index is 539. The minimum absolute atomic E-state index is 0.126. The molecule has 0 spiro atoms. The maximum Gasteiger partial charge on any atom is 0.227 e. The molecule has 2 saturated heterocycles. The number of hydrogen-bond acceptors (Lipinski definition) is 5. The first-order valence-electron chi connectivity index (χ1n) is 7.77. The highest BCUT2D eigenvalue weighted by Gasteiger charge is 2.21. The Kier molecular flexibility index (Phi) is 3.94. The van der Waals surface area contributed by atoms with Crippen LogP contribution in [-0.2, 0) is 4.79 Å². The van der Waals surface area contributed by atoms with Crippen molar-refractivity contribution in [2.45, 2.75) is 33.1 Å². The third kappa shape index (κ3) is 2.94. The van der Waals surface area contributed by atoms with Gasteiger partial charge in [-0.3, -0.25) is 4.79 Å². The molecule has 0 aliphatic carbocycles. The van der Waals surface area contributed by atoms with Crippen LogP contribution in [-0.4, -0.2) is 48.6 Å². The van der Waals surface area contributed by atoms with Crippen LogP contribution in [0.4, 0.5) is 11.8 Å². The van der Waals surface area contributed by atoms with E-state index in [0.29, 0.717) is 13.0 Å². The monoisotopic (exact) mass is 289 g/mol. The summed E-state index contributed by atoms with van der Waals surface area (Å²) in [5, 5.41) is 2.91. The van der Waals surface area contributed by atoms with Crippen LogP contribution >= 0.6 is 0 Å². The molecule has 114 valence electrons. The first-order chi connectivity index (χ1) is 10.1. The zero-order valence-electron chi connectivity index (χ0n) is 12.9. The molecule has 0 bridgehead atoms. The Morgan fingerprint density at radius 3 is 2.52 bits per heavy atom. The van der Waals surface area contributed by atoms with Crippen molar-refractivity contribution in [2.24, 2.45) is 0 Å². The summed E-state index contributed by atoms with van der Waals surface area (Å²) in [5.74, 6) is 1.95. The first-order valence-corrected chi connectivity index (χ1v) is 7.77. The average Bonchev–Trinajstić information content (AvgIpc) is 2.92. The number of aromatic nitrogens is 2. The molecule has 1 aromatic heterocycles. The van der Waals surface area contributed by atoms with E-state index in [1.165, 1.54) is 12.8 Å². The largest absolute Gasteiger partial charge is 0.354 e. The molecule has 0 atom stereocenters. The Morgan fingerprint density at radius 1 is 1.00 bits per heavy atom. The molecule has 3 rings (SSSR count). The molecule has 0 unspecified atom stereocenters. The van der Waals surface area contributed by atoms with Crippen LogP contribution in [0.25, 0.3) is 0 Å². The number of anilines is 2. The highest BCUT2D eigenvalue weighted by atomic mass is 16.1. The summed E-state index contributed by atoms with van der Waals surface area (Å²) in [4.78, 5) is 25.4. The SMILES string of the molecule is Cc1nc(N2CCCC2)nc(N2CCNC(=O)CC2)c1C. The molecule has 2 aliphatic rings. The predicted octanol–water partition coefficient (Wildman–Crippen LogP) is 1.02. The first kappa shape index (κ1) is 14.1. The molecule has 21 heavy (non-hydrogen) atoms. The van der Waals surface area contributed by atoms with Gasteiger partial charge in [0.15, 0.2) is 0 Å². The number of amides is 1. The van der Waals surface area contributed by atoms with Crippen molar-refractivity contribution >= 4 is 17.7 Å². The van der Waals surface area contributed by atoms with Crippen LogP contribution < -0.4 is 15.1 Å². The number of carbonyl (C=O) groups is 1. The summed E-state index contributed by atoms with van der Waals surface area (Å²) >= 11 is 0. The summed E-state index contributed by atoms with van der Waals surface area (Å²) < 4.78 is 0. The Morgan fingerprint density at radius 2 is 1.76 bits per heavy atom. The van der Waals surface area contributed by atoms with Crippen molar-refractivity contribution in [2.75, 3.05) is 42.5 Å². The van der Waals surface area contributed by atoms with Crippen LogP contribution in [0.5, 0.6) is 0 Å². The molecule has 0 saturated carbocycles. The van der Waals surface area contributed by atoms with E-state index in [4.69, 9.17) is 4.98 Å². The topological polar surface area (TPSA) is 61.4 Å². The minimum atomic E-state index is 0.126. The van der Waals surface area contributed by atoms with Gasteiger partial charge in [-0.2, -0.15) is 4.98 Å². The molecular weight excluding hydrogens is 266 g/mol. The van der Waals surface area contributed by atoms with Crippen molar-refractivity contribution in [1.82, 2.24) is 15.3 Å². The average molecular weight is 289 g/mol. The van der Waals surface area contributed by atoms with E-state index in [0.717, 1.165) is 49.2 Å². The van der Waals surface area contributed by atoms with Gasteiger partial charge in [-0.05, 0) is 26.7 Å². The highest BCUT2D eigenvalue weighted by Crippen LogP contribution is 2.25. The normalized spacial score (nSPS) is 19.6. The van der Waals surface area contributed by atoms with Crippen molar-refractivity contribution < 1.29 is 4.79 Å². The second-order valence-corrected chi connectivity index (χ2v) is 5.84. The fraction of sp³-hybridized carbons (Fsp3) is 0.667. The van der Waals surface area contributed by atoms with Crippen molar-refractivity contribution in [1.29, 1.82) is 0 Å². The number of aryl methyl sites for hydroxylation is 1. The third-order valence-corrected chi connectivity index (χ3v) is 4.35. The lowest BCUT2D eigenvalue weighted by atomic mass is 10.2. The van der Waals surface area contributed by atoms with Gasteiger partial charge >= 0.3 is 0 Å². The van der Waals surface area contributed by atoms with E-state index < -0.39 is 0 Å². The molecule has 6 heteroatoms. The van der Waals surface area contributed by atoms with E-state index in [1.807, 2.05) is 6.92 Å². The van der Waals surface area contributed by atoms with Gasteiger partial charge in [0.2, 0.25) is 11.9 Å². The van der Waals surface area contributed by atoms with Crippen molar-refractivity contribution in [3.63, 3.8) is 0 Å². The zero-order valence-corrected chi connectivity index (χ0v) is 12.9. The maximum absolute atomic E-state index is 11.5. The smallest absolute Gasteiger partial charge is 0.227 e. The molecule has 3 heterocycles. The Balaban J connectivity index is 1.90. The summed E-state index contributed by atoms with van der Waals surface area (Å²) in [6.07, 6.45) is 2.96. The Labute approximate surface area is 125 Å². The number of nitrogens with one attached hydrogen (secondary N) is 1. The fourth-order valence-corrected chi connectivity index (χ4v) is 2.94. The lowest BCUT2D eigenvalue weighted by Crippen LogP contribution is -2.31. The molecule has 2 fully saturated rings. The van der Waals surface area contributed by atoms with Gasteiger partial charge in [0, 0.05) is 50.4 Å². The van der Waals surface area contributed by atoms with Gasteiger partial charge in [0.05, 0.1) is 0 Å². The Hall–Kier alpha value is -1.85. The van der Waals surface area contributed by atoms with Gasteiger partial charge in [-0.1, -0.05) is 0 Å². The van der Waals surface area contributed by atoms with Crippen molar-refractivity contribution in [3.05, 3.63) is 11.3 Å². The standard InChI is InChI=1S/C15H23N5O/c1-11-12(2)17-15(20-7-3-4-8-20)18-14(11)19-9-5-13(21)16-6-10-19/h3-10H2,1-2H3,(H,16,21). The quantitative estimate of drug-likeness (QED) is 0.881. The molecule has 0 radical (unpaired) electrons. The molecule has 0 aromatic carbocycles. The van der Waals surface area contributed by atoms with Crippen molar-refractivity contribution in [3.8, 4) is 0 Å². The van der Waals surface area contributed by atoms with Gasteiger partial charge < -0.3 is 15.1 Å². The lowest BCUT2D eigenvalue weighted by Gasteiger charge is -2.25. The molecule has 1 amide bonds. The molecule has 1 N–H and O–H groups in total. The summed E-state index contributed by atoms with van der Waals surface area (Å²) in [7, 11) is 0. The number of carbonyl (C=O) groups excluding carboxylic acids is 1. The fourth-order valence-electron chi connectivity index (χ4n) is 2.94. The number of hydrogen-bond donors (Lipinski definition) is 1. The van der Waals surface area contributed by atoms with Crippen LogP contribution in [0.2, 0.25) is 0 Å².